The minimum atomic E-state index is -0.639. The van der Waals surface area contributed by atoms with E-state index in [1.807, 2.05) is 37.4 Å². The summed E-state index contributed by atoms with van der Waals surface area (Å²) in [6, 6.07) is 11.7. The molecule has 1 heterocycles. The molecule has 0 aliphatic heterocycles. The van der Waals surface area contributed by atoms with Crippen molar-refractivity contribution < 1.29 is 0 Å². The predicted molar refractivity (Wildman–Crippen MR) is 80.4 cm³/mol. The molecular weight excluding hydrogens is 268 g/mol. The van der Waals surface area contributed by atoms with Crippen LogP contribution in [0.3, 0.4) is 0 Å². The zero-order valence-corrected chi connectivity index (χ0v) is 11.7. The maximum atomic E-state index is 11.6. The number of nitrogens with one attached hydrogen (secondary N) is 1. The highest BCUT2D eigenvalue weighted by atomic mass is 16.2. The lowest BCUT2D eigenvalue weighted by Crippen LogP contribution is -2.32. The van der Waals surface area contributed by atoms with E-state index >= 15 is 0 Å². The smallest absolute Gasteiger partial charge is 0.328 e. The van der Waals surface area contributed by atoms with Crippen LogP contribution in [0.5, 0.6) is 0 Å². The van der Waals surface area contributed by atoms with Crippen LogP contribution < -0.4 is 16.1 Å². The molecule has 0 amide bonds. The molecule has 0 aliphatic rings. The SMILES string of the molecule is CN(CCCn1cc(C#N)c(=O)[nH]c1=O)c1ccccc1. The van der Waals surface area contributed by atoms with Crippen LogP contribution in [0.25, 0.3) is 0 Å². The molecule has 1 aromatic carbocycles. The van der Waals surface area contributed by atoms with Gasteiger partial charge in [-0.3, -0.25) is 14.3 Å². The zero-order chi connectivity index (χ0) is 15.2. The number of hydrogen-bond acceptors (Lipinski definition) is 4. The van der Waals surface area contributed by atoms with Crippen molar-refractivity contribution in [3.8, 4) is 6.07 Å². The van der Waals surface area contributed by atoms with Crippen molar-refractivity contribution in [2.24, 2.45) is 0 Å². The second-order valence-electron chi connectivity index (χ2n) is 4.72. The molecule has 0 saturated heterocycles. The summed E-state index contributed by atoms with van der Waals surface area (Å²) >= 11 is 0. The average Bonchev–Trinajstić information content (AvgIpc) is 2.50. The molecule has 1 N–H and O–H groups in total. The quantitative estimate of drug-likeness (QED) is 0.885. The third-order valence-electron chi connectivity index (χ3n) is 3.22. The van der Waals surface area contributed by atoms with Crippen molar-refractivity contribution >= 4 is 5.69 Å². The Morgan fingerprint density at radius 2 is 2.00 bits per heavy atom. The Hall–Kier alpha value is -2.81. The van der Waals surface area contributed by atoms with E-state index in [-0.39, 0.29) is 5.56 Å². The van der Waals surface area contributed by atoms with Crippen LogP contribution >= 0.6 is 0 Å². The Kier molecular flexibility index (Phi) is 4.57. The zero-order valence-electron chi connectivity index (χ0n) is 11.7. The second kappa shape index (κ2) is 6.57. The van der Waals surface area contributed by atoms with Gasteiger partial charge in [-0.25, -0.2) is 4.79 Å². The number of anilines is 1. The number of nitrogens with zero attached hydrogens (tertiary/aromatic N) is 3. The predicted octanol–water partition coefficient (Wildman–Crippen LogP) is 0.935. The topological polar surface area (TPSA) is 81.9 Å². The first-order valence-electron chi connectivity index (χ1n) is 6.62. The lowest BCUT2D eigenvalue weighted by molar-refractivity contribution is 0.602. The van der Waals surface area contributed by atoms with E-state index in [9.17, 15) is 9.59 Å². The first-order chi connectivity index (χ1) is 10.1. The number of nitriles is 1. The summed E-state index contributed by atoms with van der Waals surface area (Å²) in [7, 11) is 1.98. The molecule has 6 nitrogen and oxygen atoms in total. The minimum Gasteiger partial charge on any atom is -0.375 e. The normalized spacial score (nSPS) is 10.1. The van der Waals surface area contributed by atoms with Crippen molar-refractivity contribution in [2.75, 3.05) is 18.5 Å². The summed E-state index contributed by atoms with van der Waals surface area (Å²) < 4.78 is 1.36. The maximum Gasteiger partial charge on any atom is 0.328 e. The number of aromatic amines is 1. The Labute approximate surface area is 121 Å². The monoisotopic (exact) mass is 284 g/mol. The maximum absolute atomic E-state index is 11.6. The minimum absolute atomic E-state index is 0.0500. The van der Waals surface area contributed by atoms with Crippen LogP contribution in [0, 0.1) is 11.3 Å². The van der Waals surface area contributed by atoms with Gasteiger partial charge in [0.1, 0.15) is 11.6 Å². The van der Waals surface area contributed by atoms with Crippen molar-refractivity contribution in [1.29, 1.82) is 5.26 Å². The van der Waals surface area contributed by atoms with Crippen molar-refractivity contribution in [3.05, 3.63) is 62.9 Å². The molecule has 0 unspecified atom stereocenters. The third kappa shape index (κ3) is 3.60. The summed E-state index contributed by atoms with van der Waals surface area (Å²) in [4.78, 5) is 27.2. The Balaban J connectivity index is 2.00. The van der Waals surface area contributed by atoms with Gasteiger partial charge in [0.25, 0.3) is 5.56 Å². The summed E-state index contributed by atoms with van der Waals surface area (Å²) in [6.45, 7) is 1.21. The first kappa shape index (κ1) is 14.6. The Morgan fingerprint density at radius 3 is 2.67 bits per heavy atom. The summed E-state index contributed by atoms with van der Waals surface area (Å²) in [5.41, 5.74) is -0.0726. The van der Waals surface area contributed by atoms with Gasteiger partial charge in [-0.15, -0.1) is 0 Å². The highest BCUT2D eigenvalue weighted by Gasteiger charge is 2.05. The van der Waals surface area contributed by atoms with Gasteiger partial charge in [0, 0.05) is 32.0 Å². The number of benzene rings is 1. The van der Waals surface area contributed by atoms with E-state index in [1.165, 1.54) is 10.8 Å². The van der Waals surface area contributed by atoms with E-state index in [4.69, 9.17) is 5.26 Å². The standard InChI is InChI=1S/C15H16N4O2/c1-18(13-6-3-2-4-7-13)8-5-9-19-11-12(10-16)14(20)17-15(19)21/h2-4,6-7,11H,5,8-9H2,1H3,(H,17,20,21). The second-order valence-corrected chi connectivity index (χ2v) is 4.72. The highest BCUT2D eigenvalue weighted by Crippen LogP contribution is 2.10. The van der Waals surface area contributed by atoms with Gasteiger partial charge < -0.3 is 4.90 Å². The van der Waals surface area contributed by atoms with Crippen LogP contribution in [0.2, 0.25) is 0 Å². The van der Waals surface area contributed by atoms with E-state index in [0.29, 0.717) is 6.54 Å². The van der Waals surface area contributed by atoms with Crippen LogP contribution in [0.1, 0.15) is 12.0 Å². The molecule has 1 aromatic heterocycles. The van der Waals surface area contributed by atoms with Gasteiger partial charge in [0.15, 0.2) is 0 Å². The highest BCUT2D eigenvalue weighted by molar-refractivity contribution is 5.44. The lowest BCUT2D eigenvalue weighted by atomic mass is 10.3. The van der Waals surface area contributed by atoms with Gasteiger partial charge in [0.2, 0.25) is 0 Å². The van der Waals surface area contributed by atoms with Gasteiger partial charge >= 0.3 is 5.69 Å². The fourth-order valence-corrected chi connectivity index (χ4v) is 2.04. The Morgan fingerprint density at radius 1 is 1.29 bits per heavy atom. The fourth-order valence-electron chi connectivity index (χ4n) is 2.04. The van der Waals surface area contributed by atoms with Gasteiger partial charge in [-0.05, 0) is 18.6 Å². The van der Waals surface area contributed by atoms with E-state index in [2.05, 4.69) is 9.88 Å². The fraction of sp³-hybridized carbons (Fsp3) is 0.267. The molecule has 21 heavy (non-hydrogen) atoms. The third-order valence-corrected chi connectivity index (χ3v) is 3.22. The van der Waals surface area contributed by atoms with E-state index in [0.717, 1.165) is 18.7 Å². The molecule has 0 bridgehead atoms. The summed E-state index contributed by atoms with van der Waals surface area (Å²) in [6.07, 6.45) is 2.03. The molecule has 0 radical (unpaired) electrons. The molecule has 2 rings (SSSR count). The van der Waals surface area contributed by atoms with Gasteiger partial charge in [-0.2, -0.15) is 5.26 Å². The molecule has 0 aliphatic carbocycles. The molecule has 0 saturated carbocycles. The lowest BCUT2D eigenvalue weighted by Gasteiger charge is -2.19. The Bertz CT molecular complexity index is 756. The first-order valence-corrected chi connectivity index (χ1v) is 6.62. The van der Waals surface area contributed by atoms with Gasteiger partial charge in [0.05, 0.1) is 0 Å². The number of aromatic nitrogens is 2. The molecule has 0 spiro atoms. The van der Waals surface area contributed by atoms with Crippen LogP contribution in [0.15, 0.2) is 46.1 Å². The number of para-hydroxylation sites is 1. The number of rotatable bonds is 5. The van der Waals surface area contributed by atoms with Crippen LogP contribution in [-0.4, -0.2) is 23.1 Å². The molecule has 2 aromatic rings. The van der Waals surface area contributed by atoms with Crippen LogP contribution in [0.4, 0.5) is 5.69 Å². The van der Waals surface area contributed by atoms with Crippen molar-refractivity contribution in [1.82, 2.24) is 9.55 Å². The molecule has 0 fully saturated rings. The number of hydrogen-bond donors (Lipinski definition) is 1. The van der Waals surface area contributed by atoms with Crippen LogP contribution in [-0.2, 0) is 6.54 Å². The van der Waals surface area contributed by atoms with Crippen molar-refractivity contribution in [2.45, 2.75) is 13.0 Å². The van der Waals surface area contributed by atoms with E-state index < -0.39 is 11.2 Å². The molecular formula is C15H16N4O2. The number of aryl methyl sites for hydroxylation is 1. The largest absolute Gasteiger partial charge is 0.375 e. The summed E-state index contributed by atoms with van der Waals surface area (Å²) in [5, 5.41) is 8.80. The summed E-state index contributed by atoms with van der Waals surface area (Å²) in [5.74, 6) is 0. The average molecular weight is 284 g/mol. The van der Waals surface area contributed by atoms with Gasteiger partial charge in [-0.1, -0.05) is 18.2 Å². The van der Waals surface area contributed by atoms with Crippen molar-refractivity contribution in [3.63, 3.8) is 0 Å². The molecule has 6 heteroatoms. The molecule has 108 valence electrons. The molecule has 0 atom stereocenters. The number of H-pyrrole nitrogens is 1. The van der Waals surface area contributed by atoms with E-state index in [1.54, 1.807) is 6.07 Å².